The summed E-state index contributed by atoms with van der Waals surface area (Å²) in [4.78, 5) is 16.5. The lowest BCUT2D eigenvalue weighted by Gasteiger charge is -2.37. The summed E-state index contributed by atoms with van der Waals surface area (Å²) in [7, 11) is 2.10. The Morgan fingerprint density at radius 1 is 1.45 bits per heavy atom. The summed E-state index contributed by atoms with van der Waals surface area (Å²) in [6.07, 6.45) is 0. The van der Waals surface area contributed by atoms with Gasteiger partial charge in [-0.05, 0) is 26.1 Å². The van der Waals surface area contributed by atoms with Crippen molar-refractivity contribution in [3.63, 3.8) is 0 Å². The number of carbonyl (C=O) groups is 1. The molecule has 1 aliphatic rings. The average molecular weight is 272 g/mol. The second-order valence-electron chi connectivity index (χ2n) is 5.27. The minimum Gasteiger partial charge on any atom is -0.324 e. The Morgan fingerprint density at radius 3 is 2.90 bits per heavy atom. The molecule has 1 aliphatic heterocycles. The van der Waals surface area contributed by atoms with E-state index < -0.39 is 0 Å². The van der Waals surface area contributed by atoms with Crippen molar-refractivity contribution in [2.24, 2.45) is 0 Å². The Morgan fingerprint density at radius 2 is 2.20 bits per heavy atom. The number of likely N-dealkylation sites (N-methyl/N-ethyl adjacent to an activating group) is 1. The van der Waals surface area contributed by atoms with Crippen molar-refractivity contribution in [1.29, 1.82) is 5.26 Å². The van der Waals surface area contributed by atoms with E-state index in [0.29, 0.717) is 23.8 Å². The molecule has 20 heavy (non-hydrogen) atoms. The first-order chi connectivity index (χ1) is 9.60. The third-order valence-electron chi connectivity index (χ3n) is 3.73. The standard InChI is InChI=1S/C15H20N4O/c1-12-10-19(8-7-18(12)2)11-15(20)17-14-6-4-3-5-13(14)9-16/h3-6,12H,7-8,10-11H2,1-2H3,(H,17,20). The molecule has 2 rings (SSSR count). The van der Waals surface area contributed by atoms with Gasteiger partial charge in [-0.2, -0.15) is 5.26 Å². The normalized spacial score (nSPS) is 20.4. The SMILES string of the molecule is CC1CN(CC(=O)Nc2ccccc2C#N)CCN1C. The third kappa shape index (κ3) is 3.56. The predicted octanol–water partition coefficient (Wildman–Crippen LogP) is 1.13. The molecule has 0 bridgehead atoms. The quantitative estimate of drug-likeness (QED) is 0.896. The zero-order valence-corrected chi connectivity index (χ0v) is 12.0. The summed E-state index contributed by atoms with van der Waals surface area (Å²) in [5.41, 5.74) is 1.08. The van der Waals surface area contributed by atoms with Crippen LogP contribution in [0.25, 0.3) is 0 Å². The molecule has 5 heteroatoms. The number of piperazine rings is 1. The number of nitrogens with one attached hydrogen (secondary N) is 1. The van der Waals surface area contributed by atoms with Crippen molar-refractivity contribution in [2.75, 3.05) is 38.5 Å². The third-order valence-corrected chi connectivity index (χ3v) is 3.73. The van der Waals surface area contributed by atoms with Gasteiger partial charge in [0.25, 0.3) is 0 Å². The maximum atomic E-state index is 12.1. The van der Waals surface area contributed by atoms with Crippen LogP contribution in [0, 0.1) is 11.3 Å². The highest BCUT2D eigenvalue weighted by atomic mass is 16.2. The summed E-state index contributed by atoms with van der Waals surface area (Å²) in [5.74, 6) is -0.0653. The fourth-order valence-corrected chi connectivity index (χ4v) is 2.35. The molecule has 0 saturated carbocycles. The number of hydrogen-bond acceptors (Lipinski definition) is 4. The molecule has 1 aromatic carbocycles. The van der Waals surface area contributed by atoms with Crippen molar-refractivity contribution in [3.8, 4) is 6.07 Å². The minimum absolute atomic E-state index is 0.0653. The van der Waals surface area contributed by atoms with Gasteiger partial charge < -0.3 is 10.2 Å². The lowest BCUT2D eigenvalue weighted by Crippen LogP contribution is -2.51. The van der Waals surface area contributed by atoms with Crippen LogP contribution in [0.1, 0.15) is 12.5 Å². The van der Waals surface area contributed by atoms with E-state index in [-0.39, 0.29) is 5.91 Å². The zero-order chi connectivity index (χ0) is 14.5. The molecular formula is C15H20N4O. The monoisotopic (exact) mass is 272 g/mol. The van der Waals surface area contributed by atoms with Gasteiger partial charge in [0, 0.05) is 25.7 Å². The fourth-order valence-electron chi connectivity index (χ4n) is 2.35. The summed E-state index contributed by atoms with van der Waals surface area (Å²) < 4.78 is 0. The Bertz CT molecular complexity index is 523. The Labute approximate surface area is 119 Å². The first-order valence-corrected chi connectivity index (χ1v) is 6.81. The predicted molar refractivity (Wildman–Crippen MR) is 78.3 cm³/mol. The van der Waals surface area contributed by atoms with Crippen LogP contribution in [0.3, 0.4) is 0 Å². The first-order valence-electron chi connectivity index (χ1n) is 6.81. The second kappa shape index (κ2) is 6.51. The van der Waals surface area contributed by atoms with Gasteiger partial charge in [0.2, 0.25) is 5.91 Å². The van der Waals surface area contributed by atoms with Crippen LogP contribution in [0.4, 0.5) is 5.69 Å². The molecule has 0 radical (unpaired) electrons. The van der Waals surface area contributed by atoms with Crippen LogP contribution in [0.2, 0.25) is 0 Å². The number of rotatable bonds is 3. The van der Waals surface area contributed by atoms with Crippen LogP contribution in [0.5, 0.6) is 0 Å². The van der Waals surface area contributed by atoms with Gasteiger partial charge in [-0.15, -0.1) is 0 Å². The molecule has 0 aromatic heterocycles. The second-order valence-corrected chi connectivity index (χ2v) is 5.27. The summed E-state index contributed by atoms with van der Waals surface area (Å²) in [5, 5.41) is 11.8. The van der Waals surface area contributed by atoms with E-state index in [2.05, 4.69) is 35.2 Å². The number of nitriles is 1. The van der Waals surface area contributed by atoms with E-state index in [9.17, 15) is 4.79 Å². The minimum atomic E-state index is -0.0653. The van der Waals surface area contributed by atoms with E-state index in [1.807, 2.05) is 6.07 Å². The number of anilines is 1. The molecule has 0 aliphatic carbocycles. The molecule has 1 heterocycles. The topological polar surface area (TPSA) is 59.4 Å². The molecule has 5 nitrogen and oxygen atoms in total. The van der Waals surface area contributed by atoms with Gasteiger partial charge in [-0.25, -0.2) is 0 Å². The van der Waals surface area contributed by atoms with Crippen LogP contribution in [0.15, 0.2) is 24.3 Å². The molecule has 1 amide bonds. The van der Waals surface area contributed by atoms with Gasteiger partial charge in [-0.3, -0.25) is 9.69 Å². The van der Waals surface area contributed by atoms with E-state index in [1.165, 1.54) is 0 Å². The molecule has 1 N–H and O–H groups in total. The van der Waals surface area contributed by atoms with E-state index in [1.54, 1.807) is 18.2 Å². The van der Waals surface area contributed by atoms with Crippen molar-refractivity contribution >= 4 is 11.6 Å². The summed E-state index contributed by atoms with van der Waals surface area (Å²) >= 11 is 0. The fraction of sp³-hybridized carbons (Fsp3) is 0.467. The maximum Gasteiger partial charge on any atom is 0.238 e. The number of hydrogen-bond donors (Lipinski definition) is 1. The maximum absolute atomic E-state index is 12.1. The number of para-hydroxylation sites is 1. The number of carbonyl (C=O) groups excluding carboxylic acids is 1. The highest BCUT2D eigenvalue weighted by molar-refractivity contribution is 5.93. The van der Waals surface area contributed by atoms with Crippen LogP contribution >= 0.6 is 0 Å². The Kier molecular flexibility index (Phi) is 4.72. The molecule has 106 valence electrons. The lowest BCUT2D eigenvalue weighted by atomic mass is 10.2. The first kappa shape index (κ1) is 14.5. The molecule has 1 aromatic rings. The van der Waals surface area contributed by atoms with Gasteiger partial charge in [-0.1, -0.05) is 12.1 Å². The van der Waals surface area contributed by atoms with Gasteiger partial charge in [0.1, 0.15) is 6.07 Å². The van der Waals surface area contributed by atoms with Crippen molar-refractivity contribution in [3.05, 3.63) is 29.8 Å². The van der Waals surface area contributed by atoms with Crippen LogP contribution in [-0.2, 0) is 4.79 Å². The largest absolute Gasteiger partial charge is 0.324 e. The van der Waals surface area contributed by atoms with Crippen molar-refractivity contribution in [2.45, 2.75) is 13.0 Å². The van der Waals surface area contributed by atoms with Gasteiger partial charge in [0.15, 0.2) is 0 Å². The van der Waals surface area contributed by atoms with Crippen molar-refractivity contribution < 1.29 is 4.79 Å². The highest BCUT2D eigenvalue weighted by Gasteiger charge is 2.22. The van der Waals surface area contributed by atoms with Gasteiger partial charge >= 0.3 is 0 Å². The molecule has 1 atom stereocenters. The average Bonchev–Trinajstić information content (AvgIpc) is 2.43. The van der Waals surface area contributed by atoms with Crippen LogP contribution in [-0.4, -0.2) is 55.0 Å². The molecule has 0 spiro atoms. The van der Waals surface area contributed by atoms with E-state index >= 15 is 0 Å². The van der Waals surface area contributed by atoms with E-state index in [4.69, 9.17) is 5.26 Å². The molecule has 1 saturated heterocycles. The summed E-state index contributed by atoms with van der Waals surface area (Å²) in [6.45, 7) is 5.30. The number of nitrogens with zero attached hydrogens (tertiary/aromatic N) is 3. The number of amides is 1. The molecular weight excluding hydrogens is 252 g/mol. The lowest BCUT2D eigenvalue weighted by molar-refractivity contribution is -0.117. The van der Waals surface area contributed by atoms with Gasteiger partial charge in [0.05, 0.1) is 17.8 Å². The smallest absolute Gasteiger partial charge is 0.238 e. The number of benzene rings is 1. The van der Waals surface area contributed by atoms with E-state index in [0.717, 1.165) is 19.6 Å². The summed E-state index contributed by atoms with van der Waals surface area (Å²) in [6, 6.07) is 9.60. The molecule has 1 unspecified atom stereocenters. The van der Waals surface area contributed by atoms with Crippen molar-refractivity contribution in [1.82, 2.24) is 9.80 Å². The highest BCUT2D eigenvalue weighted by Crippen LogP contribution is 2.14. The Hall–Kier alpha value is -1.90. The Balaban J connectivity index is 1.91. The van der Waals surface area contributed by atoms with Crippen LogP contribution < -0.4 is 5.32 Å². The zero-order valence-electron chi connectivity index (χ0n) is 12.0. The molecule has 1 fully saturated rings.